The van der Waals surface area contributed by atoms with Crippen LogP contribution in [0, 0.1) is 5.82 Å². The van der Waals surface area contributed by atoms with Crippen molar-refractivity contribution in [3.8, 4) is 0 Å². The Labute approximate surface area is 130 Å². The maximum atomic E-state index is 13.1. The van der Waals surface area contributed by atoms with Gasteiger partial charge >= 0.3 is 0 Å². The van der Waals surface area contributed by atoms with E-state index in [0.717, 1.165) is 30.4 Å². The molecule has 1 fully saturated rings. The lowest BCUT2D eigenvalue weighted by Crippen LogP contribution is -2.49. The first kappa shape index (κ1) is 14.8. The summed E-state index contributed by atoms with van der Waals surface area (Å²) < 4.78 is 13.1. The Morgan fingerprint density at radius 2 is 1.73 bits per heavy atom. The van der Waals surface area contributed by atoms with E-state index in [1.54, 1.807) is 17.0 Å². The number of likely N-dealkylation sites (N-methyl/N-ethyl adjacent to an activating group) is 1. The van der Waals surface area contributed by atoms with Crippen molar-refractivity contribution < 1.29 is 9.18 Å². The third-order valence-corrected chi connectivity index (χ3v) is 4.62. The van der Waals surface area contributed by atoms with E-state index in [0.29, 0.717) is 6.54 Å². The summed E-state index contributed by atoms with van der Waals surface area (Å²) in [5, 5.41) is 0. The molecule has 3 rings (SSSR count). The van der Waals surface area contributed by atoms with Gasteiger partial charge in [0.2, 0.25) is 5.91 Å². The Morgan fingerprint density at radius 3 is 2.27 bits per heavy atom. The quantitative estimate of drug-likeness (QED) is 0.838. The molecule has 1 amide bonds. The second-order valence-electron chi connectivity index (χ2n) is 6.09. The van der Waals surface area contributed by atoms with Crippen molar-refractivity contribution in [3.63, 3.8) is 0 Å². The van der Waals surface area contributed by atoms with Gasteiger partial charge in [0.25, 0.3) is 0 Å². The molecule has 0 spiro atoms. The lowest BCUT2D eigenvalue weighted by molar-refractivity contribution is -0.140. The van der Waals surface area contributed by atoms with Crippen LogP contribution < -0.4 is 0 Å². The zero-order valence-corrected chi connectivity index (χ0v) is 12.8. The minimum atomic E-state index is -0.461. The number of hydrogen-bond acceptors (Lipinski definition) is 1. The molecule has 0 heterocycles. The summed E-state index contributed by atoms with van der Waals surface area (Å²) in [5.74, 6) is -0.127. The number of carbonyl (C=O) groups excluding carboxylic acids is 1. The molecule has 0 bridgehead atoms. The highest BCUT2D eigenvalue weighted by atomic mass is 19.1. The van der Waals surface area contributed by atoms with Gasteiger partial charge < -0.3 is 4.90 Å². The summed E-state index contributed by atoms with van der Waals surface area (Å²) in [4.78, 5) is 14.8. The van der Waals surface area contributed by atoms with E-state index in [2.05, 4.69) is 0 Å². The Balaban J connectivity index is 1.81. The molecule has 0 unspecified atom stereocenters. The Morgan fingerprint density at radius 1 is 1.09 bits per heavy atom. The standard InChI is InChI=1S/C19H20FNO/c1-21(14-15-6-3-2-4-7-15)18(22)19(12-5-13-19)16-8-10-17(20)11-9-16/h2-4,6-11H,5,12-14H2,1H3. The summed E-state index contributed by atoms with van der Waals surface area (Å²) in [6.07, 6.45) is 2.73. The predicted molar refractivity (Wildman–Crippen MR) is 84.8 cm³/mol. The Bertz CT molecular complexity index is 647. The monoisotopic (exact) mass is 297 g/mol. The average Bonchev–Trinajstić information content (AvgIpc) is 2.49. The molecular formula is C19H20FNO. The molecule has 2 nitrogen and oxygen atoms in total. The molecule has 22 heavy (non-hydrogen) atoms. The van der Waals surface area contributed by atoms with E-state index in [4.69, 9.17) is 0 Å². The van der Waals surface area contributed by atoms with Gasteiger partial charge in [-0.15, -0.1) is 0 Å². The lowest BCUT2D eigenvalue weighted by atomic mass is 9.63. The van der Waals surface area contributed by atoms with Crippen LogP contribution in [-0.4, -0.2) is 17.9 Å². The van der Waals surface area contributed by atoms with Crippen LogP contribution in [0.2, 0.25) is 0 Å². The van der Waals surface area contributed by atoms with Crippen molar-refractivity contribution in [3.05, 3.63) is 71.5 Å². The number of rotatable bonds is 4. The van der Waals surface area contributed by atoms with Gasteiger partial charge in [-0.05, 0) is 36.1 Å². The number of hydrogen-bond donors (Lipinski definition) is 0. The fourth-order valence-electron chi connectivity index (χ4n) is 3.22. The first-order valence-corrected chi connectivity index (χ1v) is 7.67. The zero-order chi connectivity index (χ0) is 15.6. The van der Waals surface area contributed by atoms with Gasteiger partial charge in [-0.2, -0.15) is 0 Å². The fraction of sp³-hybridized carbons (Fsp3) is 0.316. The number of nitrogens with zero attached hydrogens (tertiary/aromatic N) is 1. The number of halogens is 1. The molecule has 0 N–H and O–H groups in total. The number of carbonyl (C=O) groups is 1. The van der Waals surface area contributed by atoms with E-state index < -0.39 is 5.41 Å². The van der Waals surface area contributed by atoms with Gasteiger partial charge in [0.1, 0.15) is 5.82 Å². The summed E-state index contributed by atoms with van der Waals surface area (Å²) in [7, 11) is 1.85. The van der Waals surface area contributed by atoms with Crippen LogP contribution in [0.25, 0.3) is 0 Å². The largest absolute Gasteiger partial charge is 0.341 e. The van der Waals surface area contributed by atoms with Gasteiger partial charge in [-0.3, -0.25) is 4.79 Å². The van der Waals surface area contributed by atoms with Crippen molar-refractivity contribution in [2.45, 2.75) is 31.2 Å². The highest BCUT2D eigenvalue weighted by Gasteiger charge is 2.46. The van der Waals surface area contributed by atoms with Gasteiger partial charge in [0.05, 0.1) is 5.41 Å². The maximum absolute atomic E-state index is 13.1. The Kier molecular flexibility index (Phi) is 3.97. The van der Waals surface area contributed by atoms with Crippen LogP contribution in [-0.2, 0) is 16.8 Å². The molecule has 3 heteroatoms. The van der Waals surface area contributed by atoms with Crippen molar-refractivity contribution in [2.75, 3.05) is 7.05 Å². The first-order valence-electron chi connectivity index (χ1n) is 7.67. The molecule has 2 aromatic carbocycles. The lowest BCUT2D eigenvalue weighted by Gasteiger charge is -2.43. The molecule has 2 aromatic rings. The highest BCUT2D eigenvalue weighted by Crippen LogP contribution is 2.45. The van der Waals surface area contributed by atoms with Crippen molar-refractivity contribution in [2.24, 2.45) is 0 Å². The number of amides is 1. The second-order valence-corrected chi connectivity index (χ2v) is 6.09. The van der Waals surface area contributed by atoms with Gasteiger partial charge in [0.15, 0.2) is 0 Å². The Hall–Kier alpha value is -2.16. The molecule has 0 aliphatic heterocycles. The van der Waals surface area contributed by atoms with E-state index in [1.165, 1.54) is 12.1 Å². The molecule has 114 valence electrons. The topological polar surface area (TPSA) is 20.3 Å². The van der Waals surface area contributed by atoms with Crippen molar-refractivity contribution in [1.82, 2.24) is 4.90 Å². The SMILES string of the molecule is CN(Cc1ccccc1)C(=O)C1(c2ccc(F)cc2)CCC1. The van der Waals surface area contributed by atoms with E-state index in [-0.39, 0.29) is 11.7 Å². The van der Waals surface area contributed by atoms with Crippen molar-refractivity contribution >= 4 is 5.91 Å². The summed E-state index contributed by atoms with van der Waals surface area (Å²) >= 11 is 0. The van der Waals surface area contributed by atoms with Gasteiger partial charge in [-0.1, -0.05) is 48.9 Å². The molecule has 0 radical (unpaired) electrons. The second kappa shape index (κ2) is 5.91. The van der Waals surface area contributed by atoms with E-state index in [1.807, 2.05) is 37.4 Å². The van der Waals surface area contributed by atoms with Gasteiger partial charge in [-0.25, -0.2) is 4.39 Å². The minimum Gasteiger partial charge on any atom is -0.341 e. The van der Waals surface area contributed by atoms with E-state index >= 15 is 0 Å². The van der Waals surface area contributed by atoms with Crippen LogP contribution in [0.5, 0.6) is 0 Å². The van der Waals surface area contributed by atoms with Crippen LogP contribution >= 0.6 is 0 Å². The van der Waals surface area contributed by atoms with Crippen molar-refractivity contribution in [1.29, 1.82) is 0 Å². The van der Waals surface area contributed by atoms with Crippen LogP contribution in [0.15, 0.2) is 54.6 Å². The summed E-state index contributed by atoms with van der Waals surface area (Å²) in [5.41, 5.74) is 1.59. The van der Waals surface area contributed by atoms with Crippen LogP contribution in [0.4, 0.5) is 4.39 Å². The molecule has 1 aliphatic rings. The van der Waals surface area contributed by atoms with Crippen LogP contribution in [0.1, 0.15) is 30.4 Å². The number of benzene rings is 2. The fourth-order valence-corrected chi connectivity index (χ4v) is 3.22. The third kappa shape index (κ3) is 2.63. The normalized spacial score (nSPS) is 15.9. The minimum absolute atomic E-state index is 0.134. The highest BCUT2D eigenvalue weighted by molar-refractivity contribution is 5.89. The average molecular weight is 297 g/mol. The zero-order valence-electron chi connectivity index (χ0n) is 12.8. The first-order chi connectivity index (χ1) is 10.6. The van der Waals surface area contributed by atoms with E-state index in [9.17, 15) is 9.18 Å². The summed E-state index contributed by atoms with van der Waals surface area (Å²) in [6, 6.07) is 16.4. The molecule has 0 saturated heterocycles. The predicted octanol–water partition coefficient (Wildman–Crippen LogP) is 3.91. The molecule has 1 saturated carbocycles. The third-order valence-electron chi connectivity index (χ3n) is 4.62. The molecule has 0 aromatic heterocycles. The van der Waals surface area contributed by atoms with Crippen LogP contribution in [0.3, 0.4) is 0 Å². The van der Waals surface area contributed by atoms with Gasteiger partial charge in [0, 0.05) is 13.6 Å². The molecule has 0 atom stereocenters. The molecular weight excluding hydrogens is 277 g/mol. The maximum Gasteiger partial charge on any atom is 0.233 e. The summed E-state index contributed by atoms with van der Waals surface area (Å²) in [6.45, 7) is 0.600. The molecule has 1 aliphatic carbocycles. The smallest absolute Gasteiger partial charge is 0.233 e.